The Morgan fingerprint density at radius 2 is 2.05 bits per heavy atom. The van der Waals surface area contributed by atoms with Gasteiger partial charge in [0.25, 0.3) is 0 Å². The van der Waals surface area contributed by atoms with Gasteiger partial charge in [-0.2, -0.15) is 5.10 Å². The monoisotopic (exact) mass is 305 g/mol. The van der Waals surface area contributed by atoms with E-state index in [1.165, 1.54) is 0 Å². The minimum Gasteiger partial charge on any atom is -0.323 e. The Morgan fingerprint density at radius 3 is 2.71 bits per heavy atom. The zero-order chi connectivity index (χ0) is 14.9. The minimum absolute atomic E-state index is 0.157. The summed E-state index contributed by atoms with van der Waals surface area (Å²) < 4.78 is 24.9. The molecule has 2 aromatic rings. The smallest absolute Gasteiger partial charge is 0.150 e. The van der Waals surface area contributed by atoms with Crippen molar-refractivity contribution in [1.29, 1.82) is 0 Å². The van der Waals surface area contributed by atoms with Crippen LogP contribution >= 0.6 is 0 Å². The van der Waals surface area contributed by atoms with Gasteiger partial charge in [0.05, 0.1) is 22.9 Å². The molecule has 21 heavy (non-hydrogen) atoms. The van der Waals surface area contributed by atoms with Gasteiger partial charge in [0.2, 0.25) is 0 Å². The largest absolute Gasteiger partial charge is 0.323 e. The van der Waals surface area contributed by atoms with Crippen LogP contribution in [0.2, 0.25) is 0 Å². The Bertz CT molecular complexity index is 710. The van der Waals surface area contributed by atoms with Crippen molar-refractivity contribution < 1.29 is 8.42 Å². The van der Waals surface area contributed by atoms with E-state index in [1.807, 2.05) is 41.1 Å². The summed E-state index contributed by atoms with van der Waals surface area (Å²) >= 11 is 0. The lowest BCUT2D eigenvalue weighted by molar-refractivity contribution is 0.468. The summed E-state index contributed by atoms with van der Waals surface area (Å²) in [5, 5.41) is 4.33. The molecule has 1 fully saturated rings. The van der Waals surface area contributed by atoms with Gasteiger partial charge in [0.15, 0.2) is 9.84 Å². The van der Waals surface area contributed by atoms with E-state index in [4.69, 9.17) is 5.73 Å². The lowest BCUT2D eigenvalue weighted by atomic mass is 9.98. The summed E-state index contributed by atoms with van der Waals surface area (Å²) in [5.74, 6) is 0.715. The summed E-state index contributed by atoms with van der Waals surface area (Å²) in [6, 6.07) is 11.5. The second kappa shape index (κ2) is 5.61. The highest BCUT2D eigenvalue weighted by atomic mass is 32.2. The van der Waals surface area contributed by atoms with E-state index in [0.29, 0.717) is 12.2 Å². The van der Waals surface area contributed by atoms with Crippen LogP contribution in [0.15, 0.2) is 42.6 Å². The highest BCUT2D eigenvalue weighted by molar-refractivity contribution is 7.91. The predicted octanol–water partition coefficient (Wildman–Crippen LogP) is 1.70. The Labute approximate surface area is 124 Å². The highest BCUT2D eigenvalue weighted by Gasteiger charge is 2.30. The summed E-state index contributed by atoms with van der Waals surface area (Å²) in [6.07, 6.45) is 3.13. The molecule has 2 N–H and O–H groups in total. The molecular weight excluding hydrogens is 286 g/mol. The predicted molar refractivity (Wildman–Crippen MR) is 81.9 cm³/mol. The van der Waals surface area contributed by atoms with Gasteiger partial charge in [0.1, 0.15) is 0 Å². The summed E-state index contributed by atoms with van der Waals surface area (Å²) in [6.45, 7) is 0. The van der Waals surface area contributed by atoms with Gasteiger partial charge < -0.3 is 5.73 Å². The summed E-state index contributed by atoms with van der Waals surface area (Å²) in [7, 11) is -2.85. The molecule has 0 bridgehead atoms. The van der Waals surface area contributed by atoms with Crippen molar-refractivity contribution >= 4 is 9.84 Å². The van der Waals surface area contributed by atoms with E-state index in [9.17, 15) is 8.42 Å². The number of nitrogens with two attached hydrogens (primary N) is 1. The molecule has 0 spiro atoms. The van der Waals surface area contributed by atoms with Crippen LogP contribution in [-0.2, 0) is 9.84 Å². The van der Waals surface area contributed by atoms with Crippen molar-refractivity contribution in [3.05, 3.63) is 48.3 Å². The average molecular weight is 305 g/mol. The van der Waals surface area contributed by atoms with Crippen LogP contribution in [0.3, 0.4) is 0 Å². The standard InChI is InChI=1S/C15H19N3O2S/c16-14(10-12-7-9-21(19,20)11-12)15-6-8-17-18(15)13-4-2-1-3-5-13/h1-6,8,12,14H,7,9-11,16H2. The number of benzene rings is 1. The first-order valence-corrected chi connectivity index (χ1v) is 8.93. The van der Waals surface area contributed by atoms with Crippen LogP contribution in [0.4, 0.5) is 0 Å². The molecule has 6 heteroatoms. The van der Waals surface area contributed by atoms with E-state index in [0.717, 1.165) is 17.8 Å². The molecule has 1 saturated heterocycles. The Hall–Kier alpha value is -1.66. The van der Waals surface area contributed by atoms with Gasteiger partial charge >= 0.3 is 0 Å². The summed E-state index contributed by atoms with van der Waals surface area (Å²) in [5.41, 5.74) is 8.18. The number of para-hydroxylation sites is 1. The quantitative estimate of drug-likeness (QED) is 0.932. The maximum atomic E-state index is 11.5. The van der Waals surface area contributed by atoms with Gasteiger partial charge in [0, 0.05) is 12.2 Å². The van der Waals surface area contributed by atoms with Crippen molar-refractivity contribution in [3.8, 4) is 5.69 Å². The van der Waals surface area contributed by atoms with Crippen molar-refractivity contribution in [2.45, 2.75) is 18.9 Å². The van der Waals surface area contributed by atoms with Gasteiger partial charge in [-0.1, -0.05) is 18.2 Å². The number of hydrogen-bond acceptors (Lipinski definition) is 4. The van der Waals surface area contributed by atoms with Gasteiger partial charge in [-0.15, -0.1) is 0 Å². The van der Waals surface area contributed by atoms with Gasteiger partial charge in [-0.3, -0.25) is 0 Å². The lowest BCUT2D eigenvalue weighted by Gasteiger charge is -2.17. The van der Waals surface area contributed by atoms with Crippen LogP contribution in [0.5, 0.6) is 0 Å². The molecule has 1 aliphatic heterocycles. The van der Waals surface area contributed by atoms with Crippen molar-refractivity contribution in [2.24, 2.45) is 11.7 Å². The van der Waals surface area contributed by atoms with E-state index in [2.05, 4.69) is 5.10 Å². The zero-order valence-corrected chi connectivity index (χ0v) is 12.5. The molecule has 3 rings (SSSR count). The fourth-order valence-corrected chi connectivity index (χ4v) is 4.80. The van der Waals surface area contributed by atoms with Crippen LogP contribution in [0, 0.1) is 5.92 Å². The third-order valence-corrected chi connectivity index (χ3v) is 5.80. The van der Waals surface area contributed by atoms with Crippen LogP contribution < -0.4 is 5.73 Å². The Balaban J connectivity index is 1.77. The van der Waals surface area contributed by atoms with E-state index >= 15 is 0 Å². The van der Waals surface area contributed by atoms with E-state index in [-0.39, 0.29) is 17.7 Å². The molecule has 0 amide bonds. The van der Waals surface area contributed by atoms with Crippen molar-refractivity contribution in [3.63, 3.8) is 0 Å². The second-order valence-corrected chi connectivity index (χ2v) is 7.84. The van der Waals surface area contributed by atoms with Crippen molar-refractivity contribution in [2.75, 3.05) is 11.5 Å². The first-order chi connectivity index (χ1) is 10.1. The molecule has 2 atom stereocenters. The molecule has 1 aromatic heterocycles. The Kier molecular flexibility index (Phi) is 3.82. The lowest BCUT2D eigenvalue weighted by Crippen LogP contribution is -2.19. The van der Waals surface area contributed by atoms with E-state index < -0.39 is 9.84 Å². The molecule has 2 heterocycles. The molecule has 0 radical (unpaired) electrons. The molecular formula is C15H19N3O2S. The van der Waals surface area contributed by atoms with Crippen LogP contribution in [0.25, 0.3) is 5.69 Å². The first-order valence-electron chi connectivity index (χ1n) is 7.10. The third-order valence-electron chi connectivity index (χ3n) is 3.97. The summed E-state index contributed by atoms with van der Waals surface area (Å²) in [4.78, 5) is 0. The Morgan fingerprint density at radius 1 is 1.29 bits per heavy atom. The molecule has 5 nitrogen and oxygen atoms in total. The fourth-order valence-electron chi connectivity index (χ4n) is 2.92. The number of rotatable bonds is 4. The maximum Gasteiger partial charge on any atom is 0.150 e. The molecule has 2 unspecified atom stereocenters. The van der Waals surface area contributed by atoms with E-state index in [1.54, 1.807) is 6.20 Å². The highest BCUT2D eigenvalue weighted by Crippen LogP contribution is 2.28. The molecule has 1 aliphatic rings. The number of hydrogen-bond donors (Lipinski definition) is 1. The number of nitrogens with zero attached hydrogens (tertiary/aromatic N) is 2. The van der Waals surface area contributed by atoms with Crippen LogP contribution in [-0.4, -0.2) is 29.7 Å². The SMILES string of the molecule is NC(CC1CCS(=O)(=O)C1)c1ccnn1-c1ccccc1. The maximum absolute atomic E-state index is 11.5. The average Bonchev–Trinajstić information content (AvgIpc) is 3.06. The third kappa shape index (κ3) is 3.16. The number of sulfone groups is 1. The topological polar surface area (TPSA) is 78.0 Å². The molecule has 0 aliphatic carbocycles. The van der Waals surface area contributed by atoms with Crippen molar-refractivity contribution in [1.82, 2.24) is 9.78 Å². The second-order valence-electron chi connectivity index (χ2n) is 5.61. The molecule has 0 saturated carbocycles. The van der Waals surface area contributed by atoms with Crippen LogP contribution in [0.1, 0.15) is 24.6 Å². The normalized spacial score (nSPS) is 22.2. The first kappa shape index (κ1) is 14.3. The number of aromatic nitrogens is 2. The van der Waals surface area contributed by atoms with Gasteiger partial charge in [-0.05, 0) is 37.0 Å². The minimum atomic E-state index is -2.85. The molecule has 112 valence electrons. The fraction of sp³-hybridized carbons (Fsp3) is 0.400. The van der Waals surface area contributed by atoms with Gasteiger partial charge in [-0.25, -0.2) is 13.1 Å². The molecule has 1 aromatic carbocycles. The zero-order valence-electron chi connectivity index (χ0n) is 11.7.